The minimum atomic E-state index is -0.544. The molecule has 0 saturated heterocycles. The minimum Gasteiger partial charge on any atom is -0.481 e. The van der Waals surface area contributed by atoms with Gasteiger partial charge in [0.15, 0.2) is 6.10 Å². The third kappa shape index (κ3) is 3.88. The highest BCUT2D eigenvalue weighted by molar-refractivity contribution is 5.80. The molecule has 1 amide bonds. The van der Waals surface area contributed by atoms with Crippen LogP contribution in [0.15, 0.2) is 47.1 Å². The Morgan fingerprint density at radius 1 is 1.35 bits per heavy atom. The molecule has 1 N–H and O–H groups in total. The number of hydrogen-bond acceptors (Lipinski definition) is 3. The van der Waals surface area contributed by atoms with E-state index in [9.17, 15) is 4.79 Å². The first-order valence-corrected chi connectivity index (χ1v) is 6.74. The summed E-state index contributed by atoms with van der Waals surface area (Å²) < 4.78 is 10.8. The molecule has 0 aliphatic heterocycles. The molecule has 4 heteroatoms. The van der Waals surface area contributed by atoms with Crippen LogP contribution < -0.4 is 10.1 Å². The third-order valence-corrected chi connectivity index (χ3v) is 3.01. The summed E-state index contributed by atoms with van der Waals surface area (Å²) in [5.74, 6) is 1.27. The molecule has 1 aromatic heterocycles. The van der Waals surface area contributed by atoms with Gasteiger partial charge >= 0.3 is 0 Å². The van der Waals surface area contributed by atoms with Crippen molar-refractivity contribution in [2.24, 2.45) is 0 Å². The van der Waals surface area contributed by atoms with Crippen molar-refractivity contribution in [2.45, 2.75) is 32.9 Å². The van der Waals surface area contributed by atoms with E-state index in [4.69, 9.17) is 9.15 Å². The maximum Gasteiger partial charge on any atom is 0.261 e. The van der Waals surface area contributed by atoms with Crippen LogP contribution in [-0.2, 0) is 17.8 Å². The first-order valence-electron chi connectivity index (χ1n) is 6.74. The summed E-state index contributed by atoms with van der Waals surface area (Å²) in [7, 11) is 0. The second-order valence-corrected chi connectivity index (χ2v) is 4.56. The van der Waals surface area contributed by atoms with Crippen LogP contribution in [0.3, 0.4) is 0 Å². The van der Waals surface area contributed by atoms with Crippen molar-refractivity contribution in [3.05, 3.63) is 54.0 Å². The molecular formula is C16H19NO3. The van der Waals surface area contributed by atoms with E-state index in [2.05, 4.69) is 12.2 Å². The summed E-state index contributed by atoms with van der Waals surface area (Å²) in [5, 5.41) is 2.78. The number of benzene rings is 1. The molecule has 0 aliphatic carbocycles. The van der Waals surface area contributed by atoms with E-state index < -0.39 is 6.10 Å². The monoisotopic (exact) mass is 273 g/mol. The predicted molar refractivity (Wildman–Crippen MR) is 76.5 cm³/mol. The largest absolute Gasteiger partial charge is 0.481 e. The Kier molecular flexibility index (Phi) is 4.82. The molecule has 0 aliphatic rings. The Morgan fingerprint density at radius 2 is 2.20 bits per heavy atom. The Bertz CT molecular complexity index is 549. The molecule has 0 radical (unpaired) electrons. The normalized spacial score (nSPS) is 11.9. The van der Waals surface area contributed by atoms with Crippen LogP contribution in [0, 0.1) is 0 Å². The van der Waals surface area contributed by atoms with E-state index in [0.29, 0.717) is 12.3 Å². The fourth-order valence-corrected chi connectivity index (χ4v) is 1.83. The molecule has 1 aromatic carbocycles. The van der Waals surface area contributed by atoms with Crippen molar-refractivity contribution in [1.29, 1.82) is 0 Å². The highest BCUT2D eigenvalue weighted by Gasteiger charge is 2.14. The Balaban J connectivity index is 1.86. The maximum absolute atomic E-state index is 11.9. The lowest BCUT2D eigenvalue weighted by molar-refractivity contribution is -0.127. The molecule has 4 nitrogen and oxygen atoms in total. The number of carbonyl (C=O) groups excluding carboxylic acids is 1. The standard InChI is InChI=1S/C16H19NO3/c1-3-13-6-4-7-14(10-13)20-12(2)16(18)17-11-15-8-5-9-19-15/h4-10,12H,3,11H2,1-2H3,(H,17,18). The van der Waals surface area contributed by atoms with Gasteiger partial charge in [0.1, 0.15) is 11.5 Å². The van der Waals surface area contributed by atoms with Crippen LogP contribution in [0.2, 0.25) is 0 Å². The van der Waals surface area contributed by atoms with Gasteiger partial charge < -0.3 is 14.5 Å². The van der Waals surface area contributed by atoms with Crippen LogP contribution in [0.1, 0.15) is 25.2 Å². The van der Waals surface area contributed by atoms with Crippen molar-refractivity contribution in [1.82, 2.24) is 5.32 Å². The van der Waals surface area contributed by atoms with Crippen molar-refractivity contribution in [2.75, 3.05) is 0 Å². The van der Waals surface area contributed by atoms with Gasteiger partial charge in [-0.05, 0) is 43.2 Å². The molecule has 20 heavy (non-hydrogen) atoms. The van der Waals surface area contributed by atoms with Gasteiger partial charge in [0.05, 0.1) is 12.8 Å². The van der Waals surface area contributed by atoms with Crippen LogP contribution in [0.5, 0.6) is 5.75 Å². The van der Waals surface area contributed by atoms with Gasteiger partial charge in [-0.3, -0.25) is 4.79 Å². The van der Waals surface area contributed by atoms with E-state index >= 15 is 0 Å². The van der Waals surface area contributed by atoms with Crippen molar-refractivity contribution >= 4 is 5.91 Å². The van der Waals surface area contributed by atoms with Gasteiger partial charge in [-0.15, -0.1) is 0 Å². The number of hydrogen-bond donors (Lipinski definition) is 1. The molecule has 1 unspecified atom stereocenters. The van der Waals surface area contributed by atoms with E-state index in [-0.39, 0.29) is 5.91 Å². The Morgan fingerprint density at radius 3 is 2.90 bits per heavy atom. The maximum atomic E-state index is 11.9. The summed E-state index contributed by atoms with van der Waals surface area (Å²) in [4.78, 5) is 11.9. The number of carbonyl (C=O) groups is 1. The number of furan rings is 1. The Hall–Kier alpha value is -2.23. The molecular weight excluding hydrogens is 254 g/mol. The van der Waals surface area contributed by atoms with Crippen LogP contribution in [0.25, 0.3) is 0 Å². The van der Waals surface area contributed by atoms with E-state index in [1.165, 1.54) is 5.56 Å². The molecule has 106 valence electrons. The number of ether oxygens (including phenoxy) is 1. The predicted octanol–water partition coefficient (Wildman–Crippen LogP) is 2.93. The summed E-state index contributed by atoms with van der Waals surface area (Å²) in [6.45, 7) is 4.18. The van der Waals surface area contributed by atoms with Crippen LogP contribution in [-0.4, -0.2) is 12.0 Å². The zero-order valence-corrected chi connectivity index (χ0v) is 11.8. The smallest absolute Gasteiger partial charge is 0.261 e. The zero-order valence-electron chi connectivity index (χ0n) is 11.8. The van der Waals surface area contributed by atoms with Crippen molar-refractivity contribution in [3.63, 3.8) is 0 Å². The molecule has 0 spiro atoms. The van der Waals surface area contributed by atoms with Crippen LogP contribution >= 0.6 is 0 Å². The third-order valence-electron chi connectivity index (χ3n) is 3.01. The average Bonchev–Trinajstić information content (AvgIpc) is 2.98. The molecule has 0 saturated carbocycles. The minimum absolute atomic E-state index is 0.164. The summed E-state index contributed by atoms with van der Waals surface area (Å²) in [6, 6.07) is 11.4. The highest BCUT2D eigenvalue weighted by atomic mass is 16.5. The van der Waals surface area contributed by atoms with Gasteiger partial charge in [-0.1, -0.05) is 19.1 Å². The van der Waals surface area contributed by atoms with Gasteiger partial charge in [0.2, 0.25) is 0 Å². The molecule has 2 rings (SSSR count). The summed E-state index contributed by atoms with van der Waals surface area (Å²) in [6.07, 6.45) is 1.98. The van der Waals surface area contributed by atoms with Crippen molar-refractivity contribution < 1.29 is 13.9 Å². The van der Waals surface area contributed by atoms with Crippen molar-refractivity contribution in [3.8, 4) is 5.75 Å². The number of amides is 1. The number of nitrogens with one attached hydrogen (secondary N) is 1. The topological polar surface area (TPSA) is 51.5 Å². The second-order valence-electron chi connectivity index (χ2n) is 4.56. The fourth-order valence-electron chi connectivity index (χ4n) is 1.83. The quantitative estimate of drug-likeness (QED) is 0.880. The molecule has 1 atom stereocenters. The molecule has 1 heterocycles. The Labute approximate surface area is 118 Å². The fraction of sp³-hybridized carbons (Fsp3) is 0.312. The second kappa shape index (κ2) is 6.80. The van der Waals surface area contributed by atoms with Gasteiger partial charge in [0, 0.05) is 0 Å². The lowest BCUT2D eigenvalue weighted by Crippen LogP contribution is -2.35. The average molecular weight is 273 g/mol. The van der Waals surface area contributed by atoms with E-state index in [1.807, 2.05) is 30.3 Å². The number of aryl methyl sites for hydroxylation is 1. The van der Waals surface area contributed by atoms with E-state index in [1.54, 1.807) is 19.3 Å². The highest BCUT2D eigenvalue weighted by Crippen LogP contribution is 2.15. The number of rotatable bonds is 6. The molecule has 2 aromatic rings. The van der Waals surface area contributed by atoms with E-state index in [0.717, 1.165) is 12.2 Å². The molecule has 0 bridgehead atoms. The SMILES string of the molecule is CCc1cccc(OC(C)C(=O)NCc2ccco2)c1. The zero-order chi connectivity index (χ0) is 14.4. The van der Waals surface area contributed by atoms with Gasteiger partial charge in [-0.2, -0.15) is 0 Å². The first kappa shape index (κ1) is 14.2. The summed E-state index contributed by atoms with van der Waals surface area (Å²) >= 11 is 0. The molecule has 0 fully saturated rings. The lowest BCUT2D eigenvalue weighted by Gasteiger charge is -2.14. The first-order chi connectivity index (χ1) is 9.69. The van der Waals surface area contributed by atoms with Gasteiger partial charge in [0.25, 0.3) is 5.91 Å². The van der Waals surface area contributed by atoms with Crippen LogP contribution in [0.4, 0.5) is 0 Å². The lowest BCUT2D eigenvalue weighted by atomic mass is 10.2. The summed E-state index contributed by atoms with van der Waals surface area (Å²) in [5.41, 5.74) is 1.19. The van der Waals surface area contributed by atoms with Gasteiger partial charge in [-0.25, -0.2) is 0 Å².